The van der Waals surface area contributed by atoms with Crippen LogP contribution in [-0.2, 0) is 4.79 Å². The largest absolute Gasteiger partial charge is 0.481 e. The van der Waals surface area contributed by atoms with Gasteiger partial charge in [0.15, 0.2) is 0 Å². The lowest BCUT2D eigenvalue weighted by Gasteiger charge is -2.13. The summed E-state index contributed by atoms with van der Waals surface area (Å²) in [6.07, 6.45) is 0.0353. The molecule has 0 heterocycles. The quantitative estimate of drug-likeness (QED) is 0.801. The fourth-order valence-corrected chi connectivity index (χ4v) is 1.32. The topological polar surface area (TPSA) is 37.3 Å². The van der Waals surface area contributed by atoms with Crippen LogP contribution in [0.4, 0.5) is 0 Å². The average Bonchev–Trinajstić information content (AvgIpc) is 2.15. The van der Waals surface area contributed by atoms with Crippen molar-refractivity contribution in [3.63, 3.8) is 0 Å². The van der Waals surface area contributed by atoms with Crippen molar-refractivity contribution in [3.05, 3.63) is 34.9 Å². The van der Waals surface area contributed by atoms with Crippen molar-refractivity contribution in [2.24, 2.45) is 5.41 Å². The van der Waals surface area contributed by atoms with Crippen LogP contribution in [0, 0.1) is 17.3 Å². The van der Waals surface area contributed by atoms with Crippen LogP contribution < -0.4 is 0 Å². The second-order valence-electron chi connectivity index (χ2n) is 4.21. The molecular weight excluding hydrogens is 224 g/mol. The Morgan fingerprint density at radius 1 is 1.38 bits per heavy atom. The summed E-state index contributed by atoms with van der Waals surface area (Å²) in [5.74, 6) is 5.06. The summed E-state index contributed by atoms with van der Waals surface area (Å²) in [5, 5.41) is 9.36. The fourth-order valence-electron chi connectivity index (χ4n) is 1.20. The summed E-state index contributed by atoms with van der Waals surface area (Å²) < 4.78 is 0. The van der Waals surface area contributed by atoms with Crippen LogP contribution in [0.5, 0.6) is 0 Å². The van der Waals surface area contributed by atoms with Crippen LogP contribution in [-0.4, -0.2) is 11.1 Å². The molecule has 16 heavy (non-hydrogen) atoms. The van der Waals surface area contributed by atoms with Gasteiger partial charge in [-0.15, -0.1) is 0 Å². The van der Waals surface area contributed by atoms with Crippen molar-refractivity contribution in [1.29, 1.82) is 0 Å². The monoisotopic (exact) mass is 236 g/mol. The Kier molecular flexibility index (Phi) is 3.98. The van der Waals surface area contributed by atoms with E-state index in [4.69, 9.17) is 16.7 Å². The third-order valence-electron chi connectivity index (χ3n) is 1.98. The second-order valence-corrected chi connectivity index (χ2v) is 4.65. The number of rotatable bonds is 2. The molecule has 84 valence electrons. The number of hydrogen-bond donors (Lipinski definition) is 1. The third-order valence-corrected chi connectivity index (χ3v) is 2.23. The highest BCUT2D eigenvalue weighted by atomic mass is 35.5. The zero-order valence-electron chi connectivity index (χ0n) is 9.25. The lowest BCUT2D eigenvalue weighted by atomic mass is 9.90. The molecule has 0 aliphatic heterocycles. The van der Waals surface area contributed by atoms with E-state index in [1.54, 1.807) is 12.1 Å². The van der Waals surface area contributed by atoms with Gasteiger partial charge in [0.1, 0.15) is 0 Å². The first kappa shape index (κ1) is 12.6. The maximum absolute atomic E-state index is 10.6. The van der Waals surface area contributed by atoms with Gasteiger partial charge in [-0.05, 0) is 38.1 Å². The van der Waals surface area contributed by atoms with Gasteiger partial charge >= 0.3 is 5.97 Å². The Bertz CT molecular complexity index is 435. The van der Waals surface area contributed by atoms with Gasteiger partial charge in [-0.25, -0.2) is 0 Å². The molecule has 1 N–H and O–H groups in total. The van der Waals surface area contributed by atoms with E-state index in [0.29, 0.717) is 5.02 Å². The number of halogens is 1. The molecule has 0 radical (unpaired) electrons. The molecule has 0 spiro atoms. The third kappa shape index (κ3) is 4.37. The lowest BCUT2D eigenvalue weighted by molar-refractivity contribution is -0.138. The summed E-state index contributed by atoms with van der Waals surface area (Å²) in [6, 6.07) is 7.14. The van der Waals surface area contributed by atoms with Crippen molar-refractivity contribution < 1.29 is 9.90 Å². The Morgan fingerprint density at radius 2 is 1.94 bits per heavy atom. The number of hydrogen-bond acceptors (Lipinski definition) is 1. The molecule has 3 heteroatoms. The SMILES string of the molecule is CC(C)(C#Cc1ccc(Cl)cc1)CC(=O)O. The van der Waals surface area contributed by atoms with Gasteiger partial charge < -0.3 is 5.11 Å². The number of benzene rings is 1. The smallest absolute Gasteiger partial charge is 0.304 e. The first-order chi connectivity index (χ1) is 7.39. The highest BCUT2D eigenvalue weighted by Gasteiger charge is 2.18. The molecule has 0 fully saturated rings. The van der Waals surface area contributed by atoms with E-state index < -0.39 is 11.4 Å². The molecule has 0 aliphatic rings. The van der Waals surface area contributed by atoms with Crippen LogP contribution in [0.15, 0.2) is 24.3 Å². The van der Waals surface area contributed by atoms with E-state index in [0.717, 1.165) is 5.56 Å². The normalized spacial score (nSPS) is 10.4. The minimum Gasteiger partial charge on any atom is -0.481 e. The average molecular weight is 237 g/mol. The summed E-state index contributed by atoms with van der Waals surface area (Å²) in [5.41, 5.74) is 0.314. The predicted octanol–water partition coefficient (Wildman–Crippen LogP) is 3.19. The molecule has 0 atom stereocenters. The van der Waals surface area contributed by atoms with Crippen molar-refractivity contribution >= 4 is 17.6 Å². The van der Waals surface area contributed by atoms with Gasteiger partial charge in [0, 0.05) is 16.0 Å². The summed E-state index contributed by atoms with van der Waals surface area (Å²) in [4.78, 5) is 10.6. The number of carbonyl (C=O) groups is 1. The molecule has 0 saturated heterocycles. The first-order valence-electron chi connectivity index (χ1n) is 4.90. The van der Waals surface area contributed by atoms with E-state index in [9.17, 15) is 4.79 Å². The molecule has 0 aliphatic carbocycles. The molecule has 0 aromatic heterocycles. The van der Waals surface area contributed by atoms with E-state index >= 15 is 0 Å². The van der Waals surface area contributed by atoms with Crippen molar-refractivity contribution in [1.82, 2.24) is 0 Å². The summed E-state index contributed by atoms with van der Waals surface area (Å²) in [6.45, 7) is 3.62. The second kappa shape index (κ2) is 5.05. The van der Waals surface area contributed by atoms with Crippen LogP contribution >= 0.6 is 11.6 Å². The Labute approximate surface area is 100 Å². The summed E-state index contributed by atoms with van der Waals surface area (Å²) in [7, 11) is 0. The van der Waals surface area contributed by atoms with Crippen molar-refractivity contribution in [2.45, 2.75) is 20.3 Å². The highest BCUT2D eigenvalue weighted by molar-refractivity contribution is 6.30. The zero-order chi connectivity index (χ0) is 12.2. The molecule has 0 amide bonds. The van der Waals surface area contributed by atoms with Crippen LogP contribution in [0.1, 0.15) is 25.8 Å². The molecule has 1 aromatic carbocycles. The van der Waals surface area contributed by atoms with E-state index in [2.05, 4.69) is 11.8 Å². The molecule has 0 unspecified atom stereocenters. The van der Waals surface area contributed by atoms with E-state index in [-0.39, 0.29) is 6.42 Å². The fraction of sp³-hybridized carbons (Fsp3) is 0.308. The lowest BCUT2D eigenvalue weighted by Crippen LogP contribution is -2.14. The number of carboxylic acids is 1. The molecule has 2 nitrogen and oxygen atoms in total. The Hall–Kier alpha value is -1.46. The van der Waals surface area contributed by atoms with Gasteiger partial charge in [0.25, 0.3) is 0 Å². The number of aliphatic carboxylic acids is 1. The van der Waals surface area contributed by atoms with Gasteiger partial charge in [-0.3, -0.25) is 4.79 Å². The van der Waals surface area contributed by atoms with E-state index in [1.165, 1.54) is 0 Å². The van der Waals surface area contributed by atoms with Crippen molar-refractivity contribution in [2.75, 3.05) is 0 Å². The van der Waals surface area contributed by atoms with Crippen molar-refractivity contribution in [3.8, 4) is 11.8 Å². The zero-order valence-corrected chi connectivity index (χ0v) is 10.0. The summed E-state index contributed by atoms with van der Waals surface area (Å²) >= 11 is 5.74. The first-order valence-corrected chi connectivity index (χ1v) is 5.27. The molecule has 0 bridgehead atoms. The standard InChI is InChI=1S/C13H13ClO2/c1-13(2,9-12(15)16)8-7-10-3-5-11(14)6-4-10/h3-6H,9H2,1-2H3,(H,15,16). The maximum Gasteiger partial charge on any atom is 0.304 e. The Balaban J connectivity index is 2.80. The molecule has 1 aromatic rings. The van der Waals surface area contributed by atoms with Crippen LogP contribution in [0.3, 0.4) is 0 Å². The van der Waals surface area contributed by atoms with Crippen LogP contribution in [0.2, 0.25) is 5.02 Å². The highest BCUT2D eigenvalue weighted by Crippen LogP contribution is 2.19. The molecule has 0 saturated carbocycles. The predicted molar refractivity (Wildman–Crippen MR) is 64.4 cm³/mol. The van der Waals surface area contributed by atoms with Gasteiger partial charge in [0.05, 0.1) is 6.42 Å². The van der Waals surface area contributed by atoms with Gasteiger partial charge in [-0.2, -0.15) is 0 Å². The minimum absolute atomic E-state index is 0.0353. The van der Waals surface area contributed by atoms with E-state index in [1.807, 2.05) is 26.0 Å². The Morgan fingerprint density at radius 3 is 2.44 bits per heavy atom. The minimum atomic E-state index is -0.838. The molecule has 1 rings (SSSR count). The van der Waals surface area contributed by atoms with Gasteiger partial charge in [0.2, 0.25) is 0 Å². The van der Waals surface area contributed by atoms with Crippen LogP contribution in [0.25, 0.3) is 0 Å². The number of carboxylic acid groups (broad SMARTS) is 1. The maximum atomic E-state index is 10.6. The van der Waals surface area contributed by atoms with Gasteiger partial charge in [-0.1, -0.05) is 23.4 Å². The molecular formula is C13H13ClO2.